The minimum atomic E-state index is -0.290. The molecule has 0 aliphatic heterocycles. The molecule has 90 valence electrons. The Morgan fingerprint density at radius 2 is 2.06 bits per heavy atom. The van der Waals surface area contributed by atoms with Crippen LogP contribution in [-0.2, 0) is 9.53 Å². The van der Waals surface area contributed by atoms with E-state index >= 15 is 0 Å². The van der Waals surface area contributed by atoms with Crippen LogP contribution in [0.3, 0.4) is 0 Å². The van der Waals surface area contributed by atoms with Crippen LogP contribution in [0.1, 0.15) is 48.0 Å². The van der Waals surface area contributed by atoms with Crippen LogP contribution in [-0.4, -0.2) is 18.4 Å². The normalized spacial score (nSPS) is 19.4. The molecule has 1 aromatic rings. The van der Waals surface area contributed by atoms with Crippen LogP contribution in [0.15, 0.2) is 24.3 Å². The maximum Gasteiger partial charge on any atom is 0.338 e. The Labute approximate surface area is 101 Å². The number of rotatable bonds is 3. The quantitative estimate of drug-likeness (QED) is 0.752. The van der Waals surface area contributed by atoms with Crippen molar-refractivity contribution < 1.29 is 14.3 Å². The van der Waals surface area contributed by atoms with Crippen molar-refractivity contribution in [3.8, 4) is 0 Å². The topological polar surface area (TPSA) is 43.4 Å². The van der Waals surface area contributed by atoms with E-state index in [1.807, 2.05) is 12.1 Å². The monoisotopic (exact) mass is 232 g/mol. The van der Waals surface area contributed by atoms with Gasteiger partial charge >= 0.3 is 5.97 Å². The van der Waals surface area contributed by atoms with Gasteiger partial charge in [-0.15, -0.1) is 0 Å². The Morgan fingerprint density at radius 3 is 2.59 bits per heavy atom. The summed E-state index contributed by atoms with van der Waals surface area (Å²) in [4.78, 5) is 22.7. The van der Waals surface area contributed by atoms with Crippen LogP contribution in [0.25, 0.3) is 0 Å². The van der Waals surface area contributed by atoms with Gasteiger partial charge in [-0.2, -0.15) is 0 Å². The molecular weight excluding hydrogens is 216 g/mol. The van der Waals surface area contributed by atoms with Crippen LogP contribution in [0.4, 0.5) is 0 Å². The van der Waals surface area contributed by atoms with E-state index in [1.165, 1.54) is 0 Å². The Hall–Kier alpha value is -1.64. The molecule has 0 heterocycles. The second kappa shape index (κ2) is 5.13. The van der Waals surface area contributed by atoms with Crippen molar-refractivity contribution >= 4 is 11.8 Å². The van der Waals surface area contributed by atoms with Crippen LogP contribution < -0.4 is 0 Å². The van der Waals surface area contributed by atoms with Crippen molar-refractivity contribution in [1.82, 2.24) is 0 Å². The van der Waals surface area contributed by atoms with Crippen LogP contribution >= 0.6 is 0 Å². The van der Waals surface area contributed by atoms with E-state index < -0.39 is 0 Å². The predicted molar refractivity (Wildman–Crippen MR) is 64.0 cm³/mol. The van der Waals surface area contributed by atoms with Gasteiger partial charge in [0.2, 0.25) is 0 Å². The lowest BCUT2D eigenvalue weighted by Crippen LogP contribution is -2.04. The van der Waals surface area contributed by atoms with Gasteiger partial charge in [0.05, 0.1) is 12.2 Å². The van der Waals surface area contributed by atoms with Crippen molar-refractivity contribution in [2.45, 2.75) is 32.1 Å². The molecule has 0 aromatic heterocycles. The molecule has 17 heavy (non-hydrogen) atoms. The average Bonchev–Trinajstić information content (AvgIpc) is 2.76. The molecule has 1 aromatic carbocycles. The van der Waals surface area contributed by atoms with Crippen molar-refractivity contribution in [1.29, 1.82) is 0 Å². The zero-order valence-electron chi connectivity index (χ0n) is 9.94. The summed E-state index contributed by atoms with van der Waals surface area (Å²) < 4.78 is 4.92. The van der Waals surface area contributed by atoms with Gasteiger partial charge in [-0.1, -0.05) is 12.1 Å². The van der Waals surface area contributed by atoms with Gasteiger partial charge < -0.3 is 4.74 Å². The fraction of sp³-hybridized carbons (Fsp3) is 0.429. The van der Waals surface area contributed by atoms with Crippen LogP contribution in [0, 0.1) is 0 Å². The smallest absolute Gasteiger partial charge is 0.338 e. The van der Waals surface area contributed by atoms with E-state index in [0.717, 1.165) is 12.0 Å². The largest absolute Gasteiger partial charge is 0.462 e. The summed E-state index contributed by atoms with van der Waals surface area (Å²) in [5.74, 6) is 0.379. The highest BCUT2D eigenvalue weighted by Gasteiger charge is 2.23. The van der Waals surface area contributed by atoms with E-state index in [4.69, 9.17) is 4.74 Å². The highest BCUT2D eigenvalue weighted by Crippen LogP contribution is 2.31. The number of esters is 1. The van der Waals surface area contributed by atoms with E-state index in [9.17, 15) is 9.59 Å². The Morgan fingerprint density at radius 1 is 1.35 bits per heavy atom. The second-order valence-electron chi connectivity index (χ2n) is 4.32. The summed E-state index contributed by atoms with van der Waals surface area (Å²) in [6.07, 6.45) is 2.25. The van der Waals surface area contributed by atoms with E-state index in [2.05, 4.69) is 0 Å². The number of ether oxygens (including phenoxy) is 1. The first kappa shape index (κ1) is 11.8. The molecule has 0 N–H and O–H groups in total. The predicted octanol–water partition coefficient (Wildman–Crippen LogP) is 2.70. The Balaban J connectivity index is 2.07. The number of benzene rings is 1. The molecule has 3 nitrogen and oxygen atoms in total. The lowest BCUT2D eigenvalue weighted by atomic mass is 9.97. The van der Waals surface area contributed by atoms with Crippen molar-refractivity contribution in [2.75, 3.05) is 6.61 Å². The summed E-state index contributed by atoms with van der Waals surface area (Å²) in [5.41, 5.74) is 1.71. The third-order valence-electron chi connectivity index (χ3n) is 3.14. The number of carbonyl (C=O) groups is 2. The van der Waals surface area contributed by atoms with Gasteiger partial charge in [0.25, 0.3) is 0 Å². The minimum Gasteiger partial charge on any atom is -0.462 e. The fourth-order valence-corrected chi connectivity index (χ4v) is 2.20. The molecule has 3 heteroatoms. The van der Waals surface area contributed by atoms with E-state index in [0.29, 0.717) is 36.7 Å². The molecule has 0 radical (unpaired) electrons. The zero-order valence-corrected chi connectivity index (χ0v) is 9.94. The second-order valence-corrected chi connectivity index (χ2v) is 4.32. The number of Topliss-reactive ketones (excluding diaryl/α,β-unsaturated/α-hetero) is 1. The van der Waals surface area contributed by atoms with Gasteiger partial charge in [0, 0.05) is 12.8 Å². The van der Waals surface area contributed by atoms with Crippen molar-refractivity contribution in [2.24, 2.45) is 0 Å². The molecule has 1 unspecified atom stereocenters. The van der Waals surface area contributed by atoms with Gasteiger partial charge in [0.15, 0.2) is 0 Å². The summed E-state index contributed by atoms with van der Waals surface area (Å²) in [6, 6.07) is 7.40. The number of ketones is 1. The van der Waals surface area contributed by atoms with Gasteiger partial charge in [0.1, 0.15) is 5.78 Å². The maximum atomic E-state index is 11.5. The maximum absolute atomic E-state index is 11.5. The molecule has 1 saturated carbocycles. The van der Waals surface area contributed by atoms with Gasteiger partial charge in [-0.05, 0) is 37.0 Å². The van der Waals surface area contributed by atoms with Crippen molar-refractivity contribution in [3.63, 3.8) is 0 Å². The standard InChI is InChI=1S/C14H16O3/c1-2-17-14(16)11-5-3-10(4-6-11)12-7-8-13(15)9-12/h3-6,12H,2,7-9H2,1H3. The molecule has 0 spiro atoms. The summed E-state index contributed by atoms with van der Waals surface area (Å²) in [6.45, 7) is 2.17. The molecular formula is C14H16O3. The highest BCUT2D eigenvalue weighted by molar-refractivity contribution is 5.89. The fourth-order valence-electron chi connectivity index (χ4n) is 2.20. The Kier molecular flexibility index (Phi) is 3.57. The molecule has 1 aliphatic rings. The first-order chi connectivity index (χ1) is 8.20. The average molecular weight is 232 g/mol. The Bertz CT molecular complexity index is 420. The van der Waals surface area contributed by atoms with Crippen LogP contribution in [0.2, 0.25) is 0 Å². The highest BCUT2D eigenvalue weighted by atomic mass is 16.5. The summed E-state index contributed by atoms with van der Waals surface area (Å²) >= 11 is 0. The minimum absolute atomic E-state index is 0.290. The van der Waals surface area contributed by atoms with Crippen molar-refractivity contribution in [3.05, 3.63) is 35.4 Å². The molecule has 1 aliphatic carbocycles. The first-order valence-corrected chi connectivity index (χ1v) is 5.99. The third kappa shape index (κ3) is 2.73. The zero-order chi connectivity index (χ0) is 12.3. The number of carbonyl (C=O) groups excluding carboxylic acids is 2. The molecule has 0 saturated heterocycles. The van der Waals surface area contributed by atoms with E-state index in [-0.39, 0.29) is 5.97 Å². The lowest BCUT2D eigenvalue weighted by molar-refractivity contribution is -0.117. The SMILES string of the molecule is CCOC(=O)c1ccc(C2CCC(=O)C2)cc1. The molecule has 1 atom stereocenters. The lowest BCUT2D eigenvalue weighted by Gasteiger charge is -2.09. The summed E-state index contributed by atoms with van der Waals surface area (Å²) in [7, 11) is 0. The first-order valence-electron chi connectivity index (χ1n) is 5.99. The molecule has 0 amide bonds. The molecule has 0 bridgehead atoms. The van der Waals surface area contributed by atoms with Gasteiger partial charge in [-0.3, -0.25) is 4.79 Å². The number of hydrogen-bond acceptors (Lipinski definition) is 3. The molecule has 1 fully saturated rings. The third-order valence-corrected chi connectivity index (χ3v) is 3.14. The summed E-state index contributed by atoms with van der Waals surface area (Å²) in [5, 5.41) is 0. The number of hydrogen-bond donors (Lipinski definition) is 0. The van der Waals surface area contributed by atoms with Crippen LogP contribution in [0.5, 0.6) is 0 Å². The van der Waals surface area contributed by atoms with Gasteiger partial charge in [-0.25, -0.2) is 4.79 Å². The van der Waals surface area contributed by atoms with E-state index in [1.54, 1.807) is 19.1 Å². The molecule has 2 rings (SSSR count).